The molecule has 1 aromatic rings. The first-order valence-corrected chi connectivity index (χ1v) is 5.75. The van der Waals surface area contributed by atoms with Crippen LogP contribution in [0.4, 0.5) is 13.2 Å². The van der Waals surface area contributed by atoms with Crippen LogP contribution in [0.15, 0.2) is 4.52 Å². The molecule has 1 fully saturated rings. The van der Waals surface area contributed by atoms with E-state index in [1.165, 1.54) is 0 Å². The SMILES string of the molecule is FC(F)(F)COCCc1nc(C2CCCN2)no1. The number of hydrogen-bond donors (Lipinski definition) is 1. The molecule has 1 atom stereocenters. The largest absolute Gasteiger partial charge is 0.411 e. The first-order valence-electron chi connectivity index (χ1n) is 5.75. The number of nitrogens with one attached hydrogen (secondary N) is 1. The normalized spacial score (nSPS) is 20.5. The van der Waals surface area contributed by atoms with Gasteiger partial charge in [-0.05, 0) is 19.4 Å². The van der Waals surface area contributed by atoms with Gasteiger partial charge in [0.1, 0.15) is 6.61 Å². The lowest BCUT2D eigenvalue weighted by atomic mass is 10.2. The van der Waals surface area contributed by atoms with Crippen LogP contribution in [0.2, 0.25) is 0 Å². The topological polar surface area (TPSA) is 60.2 Å². The van der Waals surface area contributed by atoms with E-state index in [-0.39, 0.29) is 19.1 Å². The van der Waals surface area contributed by atoms with Crippen molar-refractivity contribution in [2.45, 2.75) is 31.5 Å². The molecular formula is C10H14F3N3O2. The van der Waals surface area contributed by atoms with Gasteiger partial charge >= 0.3 is 6.18 Å². The highest BCUT2D eigenvalue weighted by molar-refractivity contribution is 4.96. The Kier molecular flexibility index (Phi) is 4.18. The molecule has 5 nitrogen and oxygen atoms in total. The molecule has 0 aliphatic carbocycles. The summed E-state index contributed by atoms with van der Waals surface area (Å²) in [4.78, 5) is 4.12. The first kappa shape index (κ1) is 13.3. The second kappa shape index (κ2) is 5.66. The van der Waals surface area contributed by atoms with Gasteiger partial charge in [0.05, 0.1) is 19.1 Å². The van der Waals surface area contributed by atoms with Crippen LogP contribution >= 0.6 is 0 Å². The van der Waals surface area contributed by atoms with Crippen LogP contribution in [0.3, 0.4) is 0 Å². The van der Waals surface area contributed by atoms with E-state index in [2.05, 4.69) is 20.2 Å². The molecule has 0 radical (unpaired) electrons. The van der Waals surface area contributed by atoms with Crippen molar-refractivity contribution in [2.24, 2.45) is 0 Å². The van der Waals surface area contributed by atoms with E-state index in [1.807, 2.05) is 0 Å². The highest BCUT2D eigenvalue weighted by Gasteiger charge is 2.27. The van der Waals surface area contributed by atoms with Crippen molar-refractivity contribution in [1.29, 1.82) is 0 Å². The Morgan fingerprint density at radius 1 is 1.44 bits per heavy atom. The fourth-order valence-electron chi connectivity index (χ4n) is 1.76. The lowest BCUT2D eigenvalue weighted by molar-refractivity contribution is -0.173. The monoisotopic (exact) mass is 265 g/mol. The Bertz CT molecular complexity index is 375. The summed E-state index contributed by atoms with van der Waals surface area (Å²) in [6.45, 7) is -0.416. The second-order valence-electron chi connectivity index (χ2n) is 4.11. The van der Waals surface area contributed by atoms with E-state index < -0.39 is 12.8 Å². The standard InChI is InChI=1S/C10H14F3N3O2/c11-10(12,13)6-17-5-3-8-15-9(16-18-8)7-2-1-4-14-7/h7,14H,1-6H2. The summed E-state index contributed by atoms with van der Waals surface area (Å²) in [5, 5.41) is 7.01. The molecule has 0 saturated carbocycles. The molecule has 0 aromatic carbocycles. The molecule has 1 N–H and O–H groups in total. The fraction of sp³-hybridized carbons (Fsp3) is 0.800. The van der Waals surface area contributed by atoms with E-state index in [0.717, 1.165) is 19.4 Å². The van der Waals surface area contributed by atoms with Crippen LogP contribution < -0.4 is 5.32 Å². The van der Waals surface area contributed by atoms with Crippen molar-refractivity contribution in [3.8, 4) is 0 Å². The molecule has 0 bridgehead atoms. The summed E-state index contributed by atoms with van der Waals surface area (Å²) in [5.74, 6) is 0.874. The van der Waals surface area contributed by atoms with E-state index in [9.17, 15) is 13.2 Å². The lowest BCUT2D eigenvalue weighted by Crippen LogP contribution is -2.18. The number of alkyl halides is 3. The maximum Gasteiger partial charge on any atom is 0.411 e. The number of aromatic nitrogens is 2. The quantitative estimate of drug-likeness (QED) is 0.820. The molecule has 2 heterocycles. The molecule has 0 spiro atoms. The van der Waals surface area contributed by atoms with Gasteiger partial charge in [-0.15, -0.1) is 0 Å². The van der Waals surface area contributed by atoms with Crippen LogP contribution in [-0.4, -0.2) is 36.1 Å². The minimum atomic E-state index is -4.30. The van der Waals surface area contributed by atoms with E-state index >= 15 is 0 Å². The zero-order valence-corrected chi connectivity index (χ0v) is 9.66. The summed E-state index contributed by atoms with van der Waals surface area (Å²) in [7, 11) is 0. The zero-order valence-electron chi connectivity index (χ0n) is 9.66. The molecule has 102 valence electrons. The Morgan fingerprint density at radius 3 is 2.94 bits per heavy atom. The van der Waals surface area contributed by atoms with E-state index in [0.29, 0.717) is 11.7 Å². The molecule has 8 heteroatoms. The van der Waals surface area contributed by atoms with Crippen LogP contribution in [0, 0.1) is 0 Å². The van der Waals surface area contributed by atoms with Gasteiger partial charge in [0, 0.05) is 0 Å². The predicted octanol–water partition coefficient (Wildman–Crippen LogP) is 1.62. The van der Waals surface area contributed by atoms with E-state index in [1.54, 1.807) is 0 Å². The number of hydrogen-bond acceptors (Lipinski definition) is 5. The van der Waals surface area contributed by atoms with Crippen LogP contribution in [-0.2, 0) is 11.2 Å². The third-order valence-corrected chi connectivity index (χ3v) is 2.58. The number of halogens is 3. The van der Waals surface area contributed by atoms with Gasteiger partial charge in [-0.25, -0.2) is 0 Å². The van der Waals surface area contributed by atoms with Crippen molar-refractivity contribution in [3.63, 3.8) is 0 Å². The smallest absolute Gasteiger partial charge is 0.372 e. The van der Waals surface area contributed by atoms with Crippen molar-refractivity contribution in [2.75, 3.05) is 19.8 Å². The van der Waals surface area contributed by atoms with Gasteiger partial charge in [-0.2, -0.15) is 18.2 Å². The van der Waals surface area contributed by atoms with Gasteiger partial charge in [-0.3, -0.25) is 0 Å². The lowest BCUT2D eigenvalue weighted by Gasteiger charge is -2.05. The number of ether oxygens (including phenoxy) is 1. The van der Waals surface area contributed by atoms with Gasteiger partial charge in [-0.1, -0.05) is 5.16 Å². The summed E-state index contributed by atoms with van der Waals surface area (Å²) >= 11 is 0. The molecule has 1 saturated heterocycles. The average Bonchev–Trinajstić information content (AvgIpc) is 2.93. The van der Waals surface area contributed by atoms with Gasteiger partial charge < -0.3 is 14.6 Å². The van der Waals surface area contributed by atoms with Crippen molar-refractivity contribution in [1.82, 2.24) is 15.5 Å². The van der Waals surface area contributed by atoms with Crippen molar-refractivity contribution >= 4 is 0 Å². The highest BCUT2D eigenvalue weighted by atomic mass is 19.4. The molecule has 1 unspecified atom stereocenters. The average molecular weight is 265 g/mol. The summed E-state index contributed by atoms with van der Waals surface area (Å²) < 4.78 is 44.8. The summed E-state index contributed by atoms with van der Waals surface area (Å²) in [5.41, 5.74) is 0. The molecule has 1 aliphatic rings. The van der Waals surface area contributed by atoms with Crippen LogP contribution in [0.5, 0.6) is 0 Å². The predicted molar refractivity (Wildman–Crippen MR) is 54.9 cm³/mol. The molecule has 1 aliphatic heterocycles. The minimum absolute atomic E-state index is 0.0841. The van der Waals surface area contributed by atoms with Crippen molar-refractivity contribution in [3.05, 3.63) is 11.7 Å². The fourth-order valence-corrected chi connectivity index (χ4v) is 1.76. The van der Waals surface area contributed by atoms with Crippen LogP contribution in [0.25, 0.3) is 0 Å². The molecule has 18 heavy (non-hydrogen) atoms. The molecule has 1 aromatic heterocycles. The second-order valence-corrected chi connectivity index (χ2v) is 4.11. The summed E-state index contributed by atoms with van der Waals surface area (Å²) in [6.07, 6.45) is -2.10. The Balaban J connectivity index is 1.73. The minimum Gasteiger partial charge on any atom is -0.372 e. The molecule has 2 rings (SSSR count). The van der Waals surface area contributed by atoms with Gasteiger partial charge in [0.2, 0.25) is 5.89 Å². The third kappa shape index (κ3) is 3.95. The Hall–Kier alpha value is -1.15. The Labute approximate surface area is 102 Å². The molecule has 0 amide bonds. The van der Waals surface area contributed by atoms with Crippen molar-refractivity contribution < 1.29 is 22.4 Å². The van der Waals surface area contributed by atoms with E-state index in [4.69, 9.17) is 4.52 Å². The zero-order chi connectivity index (χ0) is 13.0. The van der Waals surface area contributed by atoms with Crippen LogP contribution in [0.1, 0.15) is 30.6 Å². The number of nitrogens with zero attached hydrogens (tertiary/aromatic N) is 2. The Morgan fingerprint density at radius 2 is 2.28 bits per heavy atom. The maximum atomic E-state index is 11.8. The van der Waals surface area contributed by atoms with Gasteiger partial charge in [0.25, 0.3) is 0 Å². The number of rotatable bonds is 5. The maximum absolute atomic E-state index is 11.8. The third-order valence-electron chi connectivity index (χ3n) is 2.58. The summed E-state index contributed by atoms with van der Waals surface area (Å²) in [6, 6.07) is 0.0959. The van der Waals surface area contributed by atoms with Gasteiger partial charge in [0.15, 0.2) is 5.82 Å². The highest BCUT2D eigenvalue weighted by Crippen LogP contribution is 2.20. The first-order chi connectivity index (χ1) is 8.54. The molecular weight excluding hydrogens is 251 g/mol.